The lowest BCUT2D eigenvalue weighted by Crippen LogP contribution is -2.56. The van der Waals surface area contributed by atoms with Crippen molar-refractivity contribution >= 4 is 11.7 Å². The summed E-state index contributed by atoms with van der Waals surface area (Å²) in [5.41, 5.74) is 4.96. The Kier molecular flexibility index (Phi) is 5.52. The third-order valence-electron chi connectivity index (χ3n) is 3.57. The van der Waals surface area contributed by atoms with Gasteiger partial charge in [0, 0.05) is 5.56 Å². The highest BCUT2D eigenvalue weighted by Gasteiger charge is 2.33. The fourth-order valence-electron chi connectivity index (χ4n) is 2.04. The highest BCUT2D eigenvalue weighted by Crippen LogP contribution is 2.20. The molecule has 7 heteroatoms. The molecule has 1 amide bonds. The number of methoxy groups -OCH3 is 1. The van der Waals surface area contributed by atoms with Crippen LogP contribution in [-0.2, 0) is 0 Å². The quantitative estimate of drug-likeness (QED) is 0.323. The molecule has 0 fully saturated rings. The second kappa shape index (κ2) is 6.92. The van der Waals surface area contributed by atoms with Crippen LogP contribution in [0.5, 0.6) is 5.75 Å². The summed E-state index contributed by atoms with van der Waals surface area (Å²) in [5, 5.41) is 14.6. The summed E-state index contributed by atoms with van der Waals surface area (Å²) in [6.45, 7) is 3.63. The first-order chi connectivity index (χ1) is 9.93. The molecule has 1 rings (SSSR count). The number of nitrogens with zero attached hydrogens (tertiary/aromatic N) is 1. The molecule has 0 spiro atoms. The number of benzene rings is 1. The van der Waals surface area contributed by atoms with Crippen molar-refractivity contribution in [1.82, 2.24) is 5.32 Å². The minimum atomic E-state index is -0.951. The van der Waals surface area contributed by atoms with Gasteiger partial charge >= 0.3 is 0 Å². The van der Waals surface area contributed by atoms with Gasteiger partial charge in [-0.1, -0.05) is 19.0 Å². The summed E-state index contributed by atoms with van der Waals surface area (Å²) in [4.78, 5) is 12.3. The zero-order valence-corrected chi connectivity index (χ0v) is 12.3. The maximum absolute atomic E-state index is 13.4. The molecule has 21 heavy (non-hydrogen) atoms. The Morgan fingerprint density at radius 1 is 1.48 bits per heavy atom. The van der Waals surface area contributed by atoms with Gasteiger partial charge in [-0.3, -0.25) is 4.79 Å². The first-order valence-corrected chi connectivity index (χ1v) is 6.58. The van der Waals surface area contributed by atoms with E-state index in [9.17, 15) is 9.18 Å². The number of ether oxygens (including phenoxy) is 1. The van der Waals surface area contributed by atoms with Gasteiger partial charge < -0.3 is 21.0 Å². The molecule has 4 N–H and O–H groups in total. The van der Waals surface area contributed by atoms with E-state index in [4.69, 9.17) is 15.7 Å². The standard InChI is InChI=1S/C14H20FN3O3/c1-4-14(5-2,13(16)18-20)17-12(19)9-6-7-10(15)11(8-9)21-3/h6-8,20H,4-5H2,1-3H3,(H2,16,18)(H,17,19). The van der Waals surface area contributed by atoms with Crippen molar-refractivity contribution in [2.75, 3.05) is 7.11 Å². The van der Waals surface area contributed by atoms with E-state index >= 15 is 0 Å². The molecule has 1 aromatic rings. The van der Waals surface area contributed by atoms with Crippen LogP contribution in [0.25, 0.3) is 0 Å². The number of nitrogens with two attached hydrogens (primary N) is 1. The van der Waals surface area contributed by atoms with E-state index in [1.807, 2.05) is 13.8 Å². The smallest absolute Gasteiger partial charge is 0.252 e. The molecule has 0 aromatic heterocycles. The van der Waals surface area contributed by atoms with Crippen LogP contribution < -0.4 is 15.8 Å². The molecule has 0 radical (unpaired) electrons. The monoisotopic (exact) mass is 297 g/mol. The maximum Gasteiger partial charge on any atom is 0.252 e. The summed E-state index contributed by atoms with van der Waals surface area (Å²) in [5.74, 6) is -1.11. The van der Waals surface area contributed by atoms with Crippen LogP contribution in [0.3, 0.4) is 0 Å². The number of oxime groups is 1. The van der Waals surface area contributed by atoms with Crippen molar-refractivity contribution in [2.24, 2.45) is 10.9 Å². The SMILES string of the molecule is CCC(CC)(NC(=O)c1ccc(F)c(OC)c1)/C(N)=N/O. The average Bonchev–Trinajstić information content (AvgIpc) is 2.52. The average molecular weight is 297 g/mol. The Balaban J connectivity index is 3.08. The third-order valence-corrected chi connectivity index (χ3v) is 3.57. The van der Waals surface area contributed by atoms with Crippen molar-refractivity contribution in [2.45, 2.75) is 32.2 Å². The third kappa shape index (κ3) is 3.42. The molecule has 116 valence electrons. The molecule has 0 atom stereocenters. The lowest BCUT2D eigenvalue weighted by Gasteiger charge is -2.31. The number of amidine groups is 1. The Bertz CT molecular complexity index is 542. The first kappa shape index (κ1) is 16.7. The van der Waals surface area contributed by atoms with Gasteiger partial charge in [0.25, 0.3) is 5.91 Å². The number of nitrogens with one attached hydrogen (secondary N) is 1. The van der Waals surface area contributed by atoms with E-state index in [1.54, 1.807) is 0 Å². The number of halogens is 1. The molecule has 0 saturated heterocycles. The maximum atomic E-state index is 13.4. The van der Waals surface area contributed by atoms with Gasteiger partial charge in [0.1, 0.15) is 5.54 Å². The van der Waals surface area contributed by atoms with E-state index in [0.29, 0.717) is 12.8 Å². The minimum absolute atomic E-state index is 0.0231. The fraction of sp³-hybridized carbons (Fsp3) is 0.429. The second-order valence-corrected chi connectivity index (χ2v) is 4.58. The summed E-state index contributed by atoms with van der Waals surface area (Å²) in [6.07, 6.45) is 0.896. The molecule has 0 saturated carbocycles. The number of amides is 1. The van der Waals surface area contributed by atoms with E-state index in [1.165, 1.54) is 19.2 Å². The summed E-state index contributed by atoms with van der Waals surface area (Å²) >= 11 is 0. The largest absolute Gasteiger partial charge is 0.494 e. The topological polar surface area (TPSA) is 96.9 Å². The van der Waals surface area contributed by atoms with Crippen molar-refractivity contribution in [1.29, 1.82) is 0 Å². The number of carbonyl (C=O) groups is 1. The molecule has 6 nitrogen and oxygen atoms in total. The van der Waals surface area contributed by atoms with Gasteiger partial charge in [0.2, 0.25) is 0 Å². The minimum Gasteiger partial charge on any atom is -0.494 e. The van der Waals surface area contributed by atoms with Gasteiger partial charge in [-0.25, -0.2) is 4.39 Å². The Labute approximate surface area is 122 Å². The summed E-state index contributed by atoms with van der Waals surface area (Å²) in [6, 6.07) is 3.79. The van der Waals surface area contributed by atoms with Crippen LogP contribution in [-0.4, -0.2) is 29.6 Å². The van der Waals surface area contributed by atoms with Gasteiger partial charge in [-0.15, -0.1) is 0 Å². The van der Waals surface area contributed by atoms with Crippen molar-refractivity contribution in [3.05, 3.63) is 29.6 Å². The van der Waals surface area contributed by atoms with Crippen LogP contribution in [0.4, 0.5) is 4.39 Å². The number of hydrogen-bond donors (Lipinski definition) is 3. The highest BCUT2D eigenvalue weighted by atomic mass is 19.1. The van der Waals surface area contributed by atoms with Crippen LogP contribution in [0, 0.1) is 5.82 Å². The van der Waals surface area contributed by atoms with Crippen molar-refractivity contribution in [3.63, 3.8) is 0 Å². The molecule has 0 aliphatic carbocycles. The van der Waals surface area contributed by atoms with Crippen LogP contribution in [0.2, 0.25) is 0 Å². The molecule has 0 aliphatic heterocycles. The molecular weight excluding hydrogens is 277 g/mol. The predicted molar refractivity (Wildman–Crippen MR) is 77.1 cm³/mol. The Morgan fingerprint density at radius 2 is 2.10 bits per heavy atom. The lowest BCUT2D eigenvalue weighted by atomic mass is 9.91. The number of carbonyl (C=O) groups excluding carboxylic acids is 1. The van der Waals surface area contributed by atoms with Gasteiger partial charge in [0.05, 0.1) is 7.11 Å². The van der Waals surface area contributed by atoms with E-state index in [-0.39, 0.29) is 17.1 Å². The first-order valence-electron chi connectivity index (χ1n) is 6.58. The molecule has 0 bridgehead atoms. The molecular formula is C14H20FN3O3. The van der Waals surface area contributed by atoms with Crippen LogP contribution >= 0.6 is 0 Å². The zero-order valence-electron chi connectivity index (χ0n) is 12.3. The Morgan fingerprint density at radius 3 is 2.57 bits per heavy atom. The Hall–Kier alpha value is -2.31. The van der Waals surface area contributed by atoms with Gasteiger partial charge in [-0.05, 0) is 31.0 Å². The highest BCUT2D eigenvalue weighted by molar-refractivity contribution is 6.00. The van der Waals surface area contributed by atoms with Crippen LogP contribution in [0.15, 0.2) is 23.4 Å². The van der Waals surface area contributed by atoms with Crippen molar-refractivity contribution < 1.29 is 19.1 Å². The van der Waals surface area contributed by atoms with E-state index < -0.39 is 17.3 Å². The van der Waals surface area contributed by atoms with Crippen LogP contribution in [0.1, 0.15) is 37.0 Å². The van der Waals surface area contributed by atoms with E-state index in [2.05, 4.69) is 10.5 Å². The normalized spacial score (nSPS) is 12.1. The molecule has 0 aliphatic rings. The fourth-order valence-corrected chi connectivity index (χ4v) is 2.04. The summed E-state index contributed by atoms with van der Waals surface area (Å²) < 4.78 is 18.2. The zero-order chi connectivity index (χ0) is 16.0. The van der Waals surface area contributed by atoms with Gasteiger partial charge in [0.15, 0.2) is 17.4 Å². The van der Waals surface area contributed by atoms with E-state index in [0.717, 1.165) is 6.07 Å². The molecule has 0 unspecified atom stereocenters. The second-order valence-electron chi connectivity index (χ2n) is 4.58. The predicted octanol–water partition coefficient (Wildman–Crippen LogP) is 1.87. The molecule has 1 aromatic carbocycles. The summed E-state index contributed by atoms with van der Waals surface area (Å²) in [7, 11) is 1.32. The molecule has 0 heterocycles. The number of hydrogen-bond acceptors (Lipinski definition) is 4. The number of rotatable bonds is 6. The van der Waals surface area contributed by atoms with Gasteiger partial charge in [-0.2, -0.15) is 0 Å². The lowest BCUT2D eigenvalue weighted by molar-refractivity contribution is 0.0917. The van der Waals surface area contributed by atoms with Crippen molar-refractivity contribution in [3.8, 4) is 5.75 Å².